The molecule has 148 valence electrons. The van der Waals surface area contributed by atoms with Gasteiger partial charge in [-0.1, -0.05) is 30.3 Å². The van der Waals surface area contributed by atoms with Gasteiger partial charge in [0.25, 0.3) is 5.91 Å². The lowest BCUT2D eigenvalue weighted by atomic mass is 9.85. The molecule has 2 aliphatic rings. The summed E-state index contributed by atoms with van der Waals surface area (Å²) in [7, 11) is 1.64. The molecule has 1 spiro atoms. The molecule has 0 bridgehead atoms. The van der Waals surface area contributed by atoms with E-state index in [-0.39, 0.29) is 11.8 Å². The van der Waals surface area contributed by atoms with Crippen molar-refractivity contribution in [1.82, 2.24) is 14.8 Å². The molecule has 2 aromatic rings. The highest BCUT2D eigenvalue weighted by Crippen LogP contribution is 2.39. The Morgan fingerprint density at radius 1 is 1.21 bits per heavy atom. The fourth-order valence-electron chi connectivity index (χ4n) is 4.36. The Morgan fingerprint density at radius 3 is 2.71 bits per heavy atom. The average molecular weight is 400 g/mol. The van der Waals surface area contributed by atoms with Crippen molar-refractivity contribution in [2.75, 3.05) is 33.4 Å². The van der Waals surface area contributed by atoms with Crippen molar-refractivity contribution in [3.63, 3.8) is 0 Å². The highest BCUT2D eigenvalue weighted by molar-refractivity contribution is 7.13. The molecule has 1 atom stereocenters. The third-order valence-electron chi connectivity index (χ3n) is 5.75. The van der Waals surface area contributed by atoms with E-state index in [4.69, 9.17) is 4.74 Å². The number of amides is 2. The van der Waals surface area contributed by atoms with E-state index in [0.29, 0.717) is 25.4 Å². The molecule has 0 radical (unpaired) electrons. The maximum absolute atomic E-state index is 13.3. The van der Waals surface area contributed by atoms with Gasteiger partial charge in [0, 0.05) is 37.7 Å². The Morgan fingerprint density at radius 2 is 1.96 bits per heavy atom. The lowest BCUT2D eigenvalue weighted by Gasteiger charge is -2.44. The number of piperidine rings is 1. The van der Waals surface area contributed by atoms with Crippen molar-refractivity contribution < 1.29 is 14.3 Å². The van der Waals surface area contributed by atoms with Gasteiger partial charge in [-0.15, -0.1) is 11.3 Å². The van der Waals surface area contributed by atoms with Crippen molar-refractivity contribution in [3.8, 4) is 10.6 Å². The summed E-state index contributed by atoms with van der Waals surface area (Å²) in [6, 6.07) is 9.86. The van der Waals surface area contributed by atoms with Crippen LogP contribution in [0.5, 0.6) is 0 Å². The van der Waals surface area contributed by atoms with Crippen LogP contribution in [0.1, 0.15) is 36.2 Å². The number of hydrogen-bond acceptors (Lipinski definition) is 5. The van der Waals surface area contributed by atoms with Crippen LogP contribution in [0.25, 0.3) is 10.6 Å². The van der Waals surface area contributed by atoms with Crippen molar-refractivity contribution in [3.05, 3.63) is 41.4 Å². The average Bonchev–Trinajstić information content (AvgIpc) is 3.38. The van der Waals surface area contributed by atoms with Gasteiger partial charge in [-0.3, -0.25) is 9.59 Å². The van der Waals surface area contributed by atoms with E-state index < -0.39 is 5.54 Å². The highest BCUT2D eigenvalue weighted by atomic mass is 32.1. The van der Waals surface area contributed by atoms with Gasteiger partial charge < -0.3 is 14.5 Å². The van der Waals surface area contributed by atoms with E-state index in [1.165, 1.54) is 11.3 Å². The van der Waals surface area contributed by atoms with Gasteiger partial charge >= 0.3 is 0 Å². The number of thiazole rings is 1. The van der Waals surface area contributed by atoms with Gasteiger partial charge in [0.05, 0.1) is 6.61 Å². The molecule has 0 N–H and O–H groups in total. The van der Waals surface area contributed by atoms with Crippen LogP contribution in [0.4, 0.5) is 0 Å². The maximum atomic E-state index is 13.3. The first kappa shape index (κ1) is 19.1. The number of aromatic nitrogens is 1. The van der Waals surface area contributed by atoms with Crippen LogP contribution in [-0.4, -0.2) is 65.5 Å². The molecular weight excluding hydrogens is 374 g/mol. The number of methoxy groups -OCH3 is 1. The summed E-state index contributed by atoms with van der Waals surface area (Å²) in [4.78, 5) is 34.8. The van der Waals surface area contributed by atoms with E-state index >= 15 is 0 Å². The number of carbonyl (C=O) groups is 2. The fraction of sp³-hybridized carbons (Fsp3) is 0.476. The zero-order chi connectivity index (χ0) is 19.6. The third kappa shape index (κ3) is 3.33. The van der Waals surface area contributed by atoms with Gasteiger partial charge in [0.2, 0.25) is 5.91 Å². The number of benzene rings is 1. The molecular formula is C21H25N3O3S. The van der Waals surface area contributed by atoms with Gasteiger partial charge in [-0.2, -0.15) is 0 Å². The predicted molar refractivity (Wildman–Crippen MR) is 108 cm³/mol. The highest BCUT2D eigenvalue weighted by Gasteiger charge is 2.53. The molecule has 1 aromatic carbocycles. The summed E-state index contributed by atoms with van der Waals surface area (Å²) in [5.74, 6) is -0.0574. The first-order chi connectivity index (χ1) is 13.7. The summed E-state index contributed by atoms with van der Waals surface area (Å²) < 4.78 is 5.15. The Labute approximate surface area is 169 Å². The zero-order valence-electron chi connectivity index (χ0n) is 16.1. The molecule has 6 nitrogen and oxygen atoms in total. The summed E-state index contributed by atoms with van der Waals surface area (Å²) >= 11 is 1.47. The van der Waals surface area contributed by atoms with Crippen molar-refractivity contribution >= 4 is 23.2 Å². The molecule has 1 aromatic heterocycles. The topological polar surface area (TPSA) is 62.7 Å². The molecule has 2 saturated heterocycles. The molecule has 0 aliphatic carbocycles. The molecule has 7 heteroatoms. The van der Waals surface area contributed by atoms with Crippen LogP contribution in [-0.2, 0) is 9.53 Å². The van der Waals surface area contributed by atoms with E-state index in [2.05, 4.69) is 4.98 Å². The normalized spacial score (nSPS) is 22.2. The molecule has 28 heavy (non-hydrogen) atoms. The van der Waals surface area contributed by atoms with Gasteiger partial charge in [0.1, 0.15) is 16.2 Å². The first-order valence-electron chi connectivity index (χ1n) is 9.77. The van der Waals surface area contributed by atoms with Crippen molar-refractivity contribution in [2.24, 2.45) is 0 Å². The molecule has 0 saturated carbocycles. The van der Waals surface area contributed by atoms with Crippen LogP contribution in [0, 0.1) is 0 Å². The Bertz CT molecular complexity index is 854. The quantitative estimate of drug-likeness (QED) is 0.775. The Kier molecular flexibility index (Phi) is 5.46. The fourth-order valence-corrected chi connectivity index (χ4v) is 5.16. The van der Waals surface area contributed by atoms with Gasteiger partial charge in [-0.05, 0) is 25.7 Å². The number of ether oxygens (including phenoxy) is 1. The Balaban J connectivity index is 1.57. The van der Waals surface area contributed by atoms with Crippen LogP contribution in [0.15, 0.2) is 35.7 Å². The number of rotatable bonds is 5. The third-order valence-corrected chi connectivity index (χ3v) is 6.64. The monoisotopic (exact) mass is 399 g/mol. The predicted octanol–water partition coefficient (Wildman–Crippen LogP) is 3.05. The minimum Gasteiger partial charge on any atom is -0.383 e. The lowest BCUT2D eigenvalue weighted by Crippen LogP contribution is -2.61. The first-order valence-corrected chi connectivity index (χ1v) is 10.6. The summed E-state index contributed by atoms with van der Waals surface area (Å²) in [5.41, 5.74) is 0.730. The second-order valence-corrected chi connectivity index (χ2v) is 8.24. The molecule has 3 heterocycles. The molecule has 4 rings (SSSR count). The molecule has 2 fully saturated rings. The Hall–Kier alpha value is -2.25. The summed E-state index contributed by atoms with van der Waals surface area (Å²) in [6.07, 6.45) is 3.23. The van der Waals surface area contributed by atoms with Crippen LogP contribution >= 0.6 is 11.3 Å². The lowest BCUT2D eigenvalue weighted by molar-refractivity contribution is -0.146. The standard InChI is InChI=1S/C21H25N3O3S/c1-27-14-13-23-11-5-9-21(20(23)26)10-6-12-24(21)19(25)17-15-28-18(22-17)16-7-3-2-4-8-16/h2-4,7-8,15H,5-6,9-14H2,1H3. The number of hydrogen-bond donors (Lipinski definition) is 0. The van der Waals surface area contributed by atoms with Crippen LogP contribution < -0.4 is 0 Å². The number of carbonyl (C=O) groups excluding carboxylic acids is 2. The van der Waals surface area contributed by atoms with Crippen LogP contribution in [0.3, 0.4) is 0 Å². The van der Waals surface area contributed by atoms with E-state index in [1.54, 1.807) is 12.0 Å². The number of likely N-dealkylation sites (tertiary alicyclic amines) is 2. The van der Waals surface area contributed by atoms with E-state index in [0.717, 1.165) is 42.8 Å². The number of nitrogens with zero attached hydrogens (tertiary/aromatic N) is 3. The second-order valence-electron chi connectivity index (χ2n) is 7.38. The van der Waals surface area contributed by atoms with Gasteiger partial charge in [0.15, 0.2) is 0 Å². The van der Waals surface area contributed by atoms with Crippen LogP contribution in [0.2, 0.25) is 0 Å². The molecule has 2 amide bonds. The summed E-state index contributed by atoms with van der Waals surface area (Å²) in [6.45, 7) is 2.44. The maximum Gasteiger partial charge on any atom is 0.274 e. The largest absolute Gasteiger partial charge is 0.383 e. The molecule has 2 aliphatic heterocycles. The smallest absolute Gasteiger partial charge is 0.274 e. The van der Waals surface area contributed by atoms with Crippen molar-refractivity contribution in [1.29, 1.82) is 0 Å². The molecule has 1 unspecified atom stereocenters. The van der Waals surface area contributed by atoms with Gasteiger partial charge in [-0.25, -0.2) is 4.98 Å². The van der Waals surface area contributed by atoms with Crippen molar-refractivity contribution in [2.45, 2.75) is 31.2 Å². The minimum absolute atomic E-state index is 0.0696. The van der Waals surface area contributed by atoms with E-state index in [1.807, 2.05) is 40.6 Å². The second kappa shape index (κ2) is 8.01. The zero-order valence-corrected chi connectivity index (χ0v) is 16.9. The minimum atomic E-state index is -0.709. The SMILES string of the molecule is COCCN1CCCC2(CCCN2C(=O)c2csc(-c3ccccc3)n2)C1=O. The summed E-state index contributed by atoms with van der Waals surface area (Å²) in [5, 5.41) is 2.64. The van der Waals surface area contributed by atoms with E-state index in [9.17, 15) is 9.59 Å².